The number of rotatable bonds is 2. The first-order valence-corrected chi connectivity index (χ1v) is 4.57. The fourth-order valence-corrected chi connectivity index (χ4v) is 1.61. The summed E-state index contributed by atoms with van der Waals surface area (Å²) in [4.78, 5) is 10.5. The Labute approximate surface area is 86.7 Å². The van der Waals surface area contributed by atoms with Gasteiger partial charge in [-0.2, -0.15) is 0 Å². The van der Waals surface area contributed by atoms with Gasteiger partial charge in [0, 0.05) is 18.0 Å². The number of hydrogen-bond acceptors (Lipinski definition) is 1. The van der Waals surface area contributed by atoms with Gasteiger partial charge >= 0.3 is 0 Å². The fourth-order valence-electron chi connectivity index (χ4n) is 1.34. The molecule has 0 amide bonds. The van der Waals surface area contributed by atoms with Crippen molar-refractivity contribution in [2.24, 2.45) is 0 Å². The van der Waals surface area contributed by atoms with E-state index in [0.29, 0.717) is 5.02 Å². The van der Waals surface area contributed by atoms with Gasteiger partial charge in [0.25, 0.3) is 0 Å². The second kappa shape index (κ2) is 3.68. The lowest BCUT2D eigenvalue weighted by Gasteiger charge is -1.96. The molecule has 0 saturated carbocycles. The molecule has 0 aliphatic heterocycles. The Morgan fingerprint density at radius 1 is 1.14 bits per heavy atom. The Hall–Kier alpha value is -1.54. The highest BCUT2D eigenvalue weighted by molar-refractivity contribution is 6.33. The summed E-state index contributed by atoms with van der Waals surface area (Å²) in [7, 11) is 0. The topological polar surface area (TPSA) is 22.0 Å². The number of carbonyl (C=O) groups excluding carboxylic acids is 1. The molecule has 1 heterocycles. The van der Waals surface area contributed by atoms with Crippen LogP contribution >= 0.6 is 11.6 Å². The van der Waals surface area contributed by atoms with Crippen molar-refractivity contribution in [2.45, 2.75) is 0 Å². The van der Waals surface area contributed by atoms with Gasteiger partial charge in [0.15, 0.2) is 0 Å². The largest absolute Gasteiger partial charge is 0.295 e. The monoisotopic (exact) mass is 205 g/mol. The van der Waals surface area contributed by atoms with E-state index in [0.717, 1.165) is 17.5 Å². The molecular weight excluding hydrogens is 198 g/mol. The predicted molar refractivity (Wildman–Crippen MR) is 57.0 cm³/mol. The Morgan fingerprint density at radius 2 is 1.86 bits per heavy atom. The van der Waals surface area contributed by atoms with Crippen LogP contribution in [0.3, 0.4) is 0 Å². The third-order valence-corrected chi connectivity index (χ3v) is 2.31. The molecule has 0 spiro atoms. The maximum absolute atomic E-state index is 10.5. The Morgan fingerprint density at radius 3 is 2.43 bits per heavy atom. The lowest BCUT2D eigenvalue weighted by atomic mass is 10.1. The van der Waals surface area contributed by atoms with Crippen molar-refractivity contribution in [3.8, 4) is 11.1 Å². The summed E-state index contributed by atoms with van der Waals surface area (Å²) in [6.07, 6.45) is 4.03. The average molecular weight is 206 g/mol. The van der Waals surface area contributed by atoms with Crippen LogP contribution in [0.15, 0.2) is 42.7 Å². The van der Waals surface area contributed by atoms with Gasteiger partial charge in [0.2, 0.25) is 6.41 Å². The van der Waals surface area contributed by atoms with Gasteiger partial charge in [-0.1, -0.05) is 41.9 Å². The Balaban J connectivity index is 2.51. The zero-order valence-corrected chi connectivity index (χ0v) is 8.11. The molecule has 0 bridgehead atoms. The van der Waals surface area contributed by atoms with Crippen LogP contribution in [0, 0.1) is 0 Å². The maximum Gasteiger partial charge on any atom is 0.217 e. The van der Waals surface area contributed by atoms with E-state index in [1.165, 1.54) is 4.57 Å². The molecule has 0 aliphatic rings. The first kappa shape index (κ1) is 9.03. The lowest BCUT2D eigenvalue weighted by molar-refractivity contribution is 0.547. The molecule has 0 N–H and O–H groups in total. The second-order valence-corrected chi connectivity index (χ2v) is 3.35. The molecule has 1 aromatic carbocycles. The number of hydrogen-bond donors (Lipinski definition) is 0. The quantitative estimate of drug-likeness (QED) is 0.691. The smallest absolute Gasteiger partial charge is 0.217 e. The molecular formula is C11H8ClNO. The average Bonchev–Trinajstić information content (AvgIpc) is 2.61. The standard InChI is InChI=1S/C11H8ClNO/c12-11-7-13(8-14)6-10(11)9-4-2-1-3-5-9/h1-8H. The van der Waals surface area contributed by atoms with Gasteiger partial charge in [0.05, 0.1) is 5.02 Å². The van der Waals surface area contributed by atoms with E-state index in [2.05, 4.69) is 0 Å². The summed E-state index contributed by atoms with van der Waals surface area (Å²) >= 11 is 5.98. The predicted octanol–water partition coefficient (Wildman–Crippen LogP) is 2.85. The van der Waals surface area contributed by atoms with Crippen LogP contribution in [0.25, 0.3) is 11.1 Å². The molecule has 2 rings (SSSR count). The summed E-state index contributed by atoms with van der Waals surface area (Å²) < 4.78 is 1.41. The van der Waals surface area contributed by atoms with Crippen molar-refractivity contribution in [1.82, 2.24) is 4.57 Å². The zero-order valence-electron chi connectivity index (χ0n) is 7.35. The molecule has 2 nitrogen and oxygen atoms in total. The van der Waals surface area contributed by atoms with Crippen molar-refractivity contribution >= 4 is 18.0 Å². The van der Waals surface area contributed by atoms with Crippen LogP contribution < -0.4 is 0 Å². The van der Waals surface area contributed by atoms with Gasteiger partial charge < -0.3 is 0 Å². The summed E-state index contributed by atoms with van der Waals surface area (Å²) in [5.41, 5.74) is 1.89. The van der Waals surface area contributed by atoms with Crippen LogP contribution in [0.1, 0.15) is 0 Å². The number of benzene rings is 1. The van der Waals surface area contributed by atoms with Crippen molar-refractivity contribution in [3.63, 3.8) is 0 Å². The highest BCUT2D eigenvalue weighted by Crippen LogP contribution is 2.27. The van der Waals surface area contributed by atoms with Crippen molar-refractivity contribution in [2.75, 3.05) is 0 Å². The lowest BCUT2D eigenvalue weighted by Crippen LogP contribution is -1.86. The Kier molecular flexibility index (Phi) is 2.37. The van der Waals surface area contributed by atoms with Crippen LogP contribution in [0.2, 0.25) is 5.02 Å². The van der Waals surface area contributed by atoms with Crippen molar-refractivity contribution in [3.05, 3.63) is 47.7 Å². The van der Waals surface area contributed by atoms with E-state index in [1.807, 2.05) is 30.3 Å². The van der Waals surface area contributed by atoms with E-state index in [-0.39, 0.29) is 0 Å². The van der Waals surface area contributed by atoms with E-state index in [4.69, 9.17) is 11.6 Å². The first-order chi connectivity index (χ1) is 6.81. The minimum Gasteiger partial charge on any atom is -0.295 e. The molecule has 70 valence electrons. The molecule has 0 radical (unpaired) electrons. The van der Waals surface area contributed by atoms with E-state index < -0.39 is 0 Å². The van der Waals surface area contributed by atoms with Gasteiger partial charge in [-0.3, -0.25) is 9.36 Å². The van der Waals surface area contributed by atoms with Gasteiger partial charge in [-0.15, -0.1) is 0 Å². The molecule has 0 saturated heterocycles. The molecule has 2 aromatic rings. The molecule has 3 heteroatoms. The fraction of sp³-hybridized carbons (Fsp3) is 0. The molecule has 0 unspecified atom stereocenters. The maximum atomic E-state index is 10.5. The van der Waals surface area contributed by atoms with E-state index >= 15 is 0 Å². The molecule has 14 heavy (non-hydrogen) atoms. The minimum atomic E-state index is 0.586. The highest BCUT2D eigenvalue weighted by atomic mass is 35.5. The number of halogens is 1. The summed E-state index contributed by atoms with van der Waals surface area (Å²) in [6.45, 7) is 0. The first-order valence-electron chi connectivity index (χ1n) is 4.19. The normalized spacial score (nSPS) is 10.1. The SMILES string of the molecule is O=Cn1cc(Cl)c(-c2ccccc2)c1. The molecule has 0 atom stereocenters. The van der Waals surface area contributed by atoms with Gasteiger partial charge in [-0.25, -0.2) is 0 Å². The Bertz CT molecular complexity index is 448. The summed E-state index contributed by atoms with van der Waals surface area (Å²) in [5.74, 6) is 0. The van der Waals surface area contributed by atoms with Crippen molar-refractivity contribution in [1.29, 1.82) is 0 Å². The molecule has 1 aromatic heterocycles. The van der Waals surface area contributed by atoms with Gasteiger partial charge in [0.1, 0.15) is 0 Å². The van der Waals surface area contributed by atoms with Crippen LogP contribution in [0.4, 0.5) is 0 Å². The minimum absolute atomic E-state index is 0.586. The zero-order chi connectivity index (χ0) is 9.97. The van der Waals surface area contributed by atoms with E-state index in [1.54, 1.807) is 12.4 Å². The molecule has 0 aliphatic carbocycles. The number of aromatic nitrogens is 1. The second-order valence-electron chi connectivity index (χ2n) is 2.94. The highest BCUT2D eigenvalue weighted by Gasteiger charge is 2.05. The summed E-state index contributed by atoms with van der Waals surface area (Å²) in [6, 6.07) is 9.72. The number of nitrogens with zero attached hydrogens (tertiary/aromatic N) is 1. The molecule has 0 fully saturated rings. The van der Waals surface area contributed by atoms with Crippen LogP contribution in [-0.4, -0.2) is 11.0 Å². The van der Waals surface area contributed by atoms with Crippen molar-refractivity contribution < 1.29 is 4.79 Å². The van der Waals surface area contributed by atoms with Gasteiger partial charge in [-0.05, 0) is 5.56 Å². The third kappa shape index (κ3) is 1.56. The summed E-state index contributed by atoms with van der Waals surface area (Å²) in [5, 5.41) is 0.586. The van der Waals surface area contributed by atoms with Crippen LogP contribution in [0.5, 0.6) is 0 Å². The van der Waals surface area contributed by atoms with Crippen LogP contribution in [-0.2, 0) is 4.79 Å². The number of carbonyl (C=O) groups is 1. The third-order valence-electron chi connectivity index (χ3n) is 2.00. The van der Waals surface area contributed by atoms with E-state index in [9.17, 15) is 4.79 Å².